The number of rotatable bonds is 6. The summed E-state index contributed by atoms with van der Waals surface area (Å²) in [4.78, 5) is 0. The molecule has 2 aliphatic carbocycles. The molecule has 58 heavy (non-hydrogen) atoms. The Labute approximate surface area is 376 Å². The molecule has 296 valence electrons. The van der Waals surface area contributed by atoms with Crippen molar-refractivity contribution in [2.75, 3.05) is 0 Å². The second kappa shape index (κ2) is 17.4. The molecular formula is C53H52Cl4Zr. The van der Waals surface area contributed by atoms with Crippen molar-refractivity contribution in [1.82, 2.24) is 0 Å². The summed E-state index contributed by atoms with van der Waals surface area (Å²) in [6, 6.07) is 46.0. The fourth-order valence-corrected chi connectivity index (χ4v) is 17.9. The number of hydrogen-bond acceptors (Lipinski definition) is 0. The van der Waals surface area contributed by atoms with Gasteiger partial charge in [-0.1, -0.05) is 0 Å². The normalized spacial score (nSPS) is 13.3. The predicted octanol–water partition coefficient (Wildman–Crippen LogP) is 16.2. The zero-order chi connectivity index (χ0) is 39.5. The Kier molecular flexibility index (Phi) is 13.3. The molecule has 2 aliphatic rings. The molecule has 0 nitrogen and oxygen atoms in total. The average Bonchev–Trinajstić information content (AvgIpc) is 3.80. The molecule has 5 heteroatoms. The molecule has 0 saturated carbocycles. The minimum Gasteiger partial charge on any atom is -0.147 e. The molecule has 0 aliphatic heterocycles. The van der Waals surface area contributed by atoms with Crippen molar-refractivity contribution >= 4 is 51.2 Å². The van der Waals surface area contributed by atoms with Crippen LogP contribution in [0.25, 0.3) is 33.4 Å². The van der Waals surface area contributed by atoms with Gasteiger partial charge in [0, 0.05) is 0 Å². The first kappa shape index (κ1) is 44.3. The van der Waals surface area contributed by atoms with Crippen LogP contribution in [0, 0.1) is 13.8 Å². The second-order valence-corrected chi connectivity index (χ2v) is 24.9. The fraction of sp³-hybridized carbons (Fsp3) is 0.226. The molecule has 0 saturated heterocycles. The molecule has 0 spiro atoms. The molecule has 0 amide bonds. The summed E-state index contributed by atoms with van der Waals surface area (Å²) in [5, 5.41) is 1.52. The summed E-state index contributed by atoms with van der Waals surface area (Å²) in [6.45, 7) is 18.5. The van der Waals surface area contributed by atoms with Crippen LogP contribution in [0.3, 0.4) is 0 Å². The SMILES string of the molecule is Cc1ccc([C](c2ccc(C)cc2)=[Zr]([C]2=CC=CC2)[CH]2c3cc(-c4ccc(Cl)cc4)c(C(C)(C)C)cc3-c3cc(C(C)(C)C)c(-c4ccc(Cl)cc4)cc32)cc1.Cl.Cl. The zero-order valence-corrected chi connectivity index (χ0v) is 40.2. The predicted molar refractivity (Wildman–Crippen MR) is 254 cm³/mol. The third-order valence-electron chi connectivity index (χ3n) is 11.6. The van der Waals surface area contributed by atoms with Gasteiger partial charge in [0.25, 0.3) is 0 Å². The molecule has 0 heterocycles. The summed E-state index contributed by atoms with van der Waals surface area (Å²) in [6.07, 6.45) is 8.16. The fourth-order valence-electron chi connectivity index (χ4n) is 8.69. The number of aryl methyl sites for hydroxylation is 2. The minimum atomic E-state index is -3.00. The van der Waals surface area contributed by atoms with E-state index in [4.69, 9.17) is 23.2 Å². The molecular weight excluding hydrogens is 870 g/mol. The maximum Gasteiger partial charge on any atom is -0.147 e. The van der Waals surface area contributed by atoms with Gasteiger partial charge in [-0.2, -0.15) is 0 Å². The Hall–Kier alpha value is -3.29. The van der Waals surface area contributed by atoms with E-state index in [1.54, 1.807) is 6.49 Å². The molecule has 6 aromatic carbocycles. The van der Waals surface area contributed by atoms with Crippen molar-refractivity contribution in [3.05, 3.63) is 197 Å². The molecule has 8 rings (SSSR count). The van der Waals surface area contributed by atoms with Crippen LogP contribution in [-0.4, -0.2) is 3.21 Å². The van der Waals surface area contributed by atoms with Gasteiger partial charge in [-0.3, -0.25) is 0 Å². The maximum absolute atomic E-state index is 6.50. The quantitative estimate of drug-likeness (QED) is 0.156. The first-order valence-electron chi connectivity index (χ1n) is 19.8. The van der Waals surface area contributed by atoms with Crippen LogP contribution in [0.1, 0.15) is 96.1 Å². The third-order valence-corrected chi connectivity index (χ3v) is 20.4. The van der Waals surface area contributed by atoms with Gasteiger partial charge >= 0.3 is 355 Å². The number of hydrogen-bond donors (Lipinski definition) is 0. The molecule has 0 unspecified atom stereocenters. The Morgan fingerprint density at radius 1 is 0.534 bits per heavy atom. The van der Waals surface area contributed by atoms with E-state index in [1.165, 1.54) is 77.9 Å². The summed E-state index contributed by atoms with van der Waals surface area (Å²) in [7, 11) is 0. The molecule has 0 radical (unpaired) electrons. The summed E-state index contributed by atoms with van der Waals surface area (Å²) in [5.41, 5.74) is 18.5. The van der Waals surface area contributed by atoms with Crippen LogP contribution in [0.2, 0.25) is 10.0 Å². The van der Waals surface area contributed by atoms with Crippen LogP contribution in [0.4, 0.5) is 0 Å². The maximum atomic E-state index is 6.50. The van der Waals surface area contributed by atoms with Crippen molar-refractivity contribution in [3.63, 3.8) is 0 Å². The summed E-state index contributed by atoms with van der Waals surface area (Å²) < 4.78 is 3.44. The Morgan fingerprint density at radius 3 is 1.28 bits per heavy atom. The Balaban J connectivity index is 0.00000283. The van der Waals surface area contributed by atoms with Crippen molar-refractivity contribution in [1.29, 1.82) is 0 Å². The van der Waals surface area contributed by atoms with E-state index in [-0.39, 0.29) is 39.3 Å². The largest absolute Gasteiger partial charge is 0.147 e. The Bertz CT molecular complexity index is 2400. The molecule has 0 fully saturated rings. The van der Waals surface area contributed by atoms with E-state index in [2.05, 4.69) is 171 Å². The van der Waals surface area contributed by atoms with E-state index in [0.717, 1.165) is 16.5 Å². The van der Waals surface area contributed by atoms with Crippen molar-refractivity contribution in [3.8, 4) is 33.4 Å². The van der Waals surface area contributed by atoms with Crippen molar-refractivity contribution in [2.45, 2.75) is 76.3 Å². The summed E-state index contributed by atoms with van der Waals surface area (Å²) in [5.74, 6) is 0. The van der Waals surface area contributed by atoms with Crippen LogP contribution >= 0.6 is 48.0 Å². The Morgan fingerprint density at radius 2 is 0.931 bits per heavy atom. The van der Waals surface area contributed by atoms with Crippen LogP contribution in [0.5, 0.6) is 0 Å². The number of allylic oxidation sites excluding steroid dienone is 4. The van der Waals surface area contributed by atoms with Gasteiger partial charge in [0.05, 0.1) is 0 Å². The van der Waals surface area contributed by atoms with E-state index in [9.17, 15) is 0 Å². The molecule has 0 atom stereocenters. The molecule has 6 aromatic rings. The van der Waals surface area contributed by atoms with Crippen LogP contribution in [-0.2, 0) is 32.1 Å². The smallest absolute Gasteiger partial charge is 0.147 e. The summed E-state index contributed by atoms with van der Waals surface area (Å²) >= 11 is 10.0. The van der Waals surface area contributed by atoms with Crippen molar-refractivity contribution in [2.24, 2.45) is 0 Å². The topological polar surface area (TPSA) is 0 Å². The number of halogens is 4. The second-order valence-electron chi connectivity index (χ2n) is 17.8. The number of fused-ring (bicyclic) bond motifs is 3. The standard InChI is InChI=1S/C33H31Cl2.C15H14.C5H5.2ClH.Zr/c1-32(2,3)30-18-26-22(16-28(30)20-7-11-24(34)12-8-20)15-23-17-29(21-9-13-25(35)14-10-21)31(19-27(23)26)33(4,5)6;1-12-3-7-14(8-4-12)11-15-9-5-13(2)6-10-15;1-2-4-5-3-1;;;/h7-19H,1-6H3;3-10H,1-2H3;1-3H,4H2;2*1H;. The van der Waals surface area contributed by atoms with Gasteiger partial charge < -0.3 is 0 Å². The van der Waals surface area contributed by atoms with Gasteiger partial charge in [-0.05, 0) is 0 Å². The molecule has 0 aromatic heterocycles. The van der Waals surface area contributed by atoms with E-state index in [1.807, 2.05) is 24.3 Å². The molecule has 0 bridgehead atoms. The first-order chi connectivity index (χ1) is 26.7. The monoisotopic (exact) mass is 918 g/mol. The third kappa shape index (κ3) is 8.64. The van der Waals surface area contributed by atoms with Gasteiger partial charge in [0.1, 0.15) is 0 Å². The first-order valence-corrected chi connectivity index (χ1v) is 24.4. The zero-order valence-electron chi connectivity index (χ0n) is 34.6. The minimum absolute atomic E-state index is 0. The van der Waals surface area contributed by atoms with Gasteiger partial charge in [0.2, 0.25) is 0 Å². The van der Waals surface area contributed by atoms with Crippen LogP contribution < -0.4 is 0 Å². The molecule has 0 N–H and O–H groups in total. The van der Waals surface area contributed by atoms with E-state index < -0.39 is 21.3 Å². The van der Waals surface area contributed by atoms with Gasteiger partial charge in [-0.15, -0.1) is 24.8 Å². The number of benzene rings is 6. The van der Waals surface area contributed by atoms with Crippen LogP contribution in [0.15, 0.2) is 143 Å². The van der Waals surface area contributed by atoms with E-state index >= 15 is 0 Å². The van der Waals surface area contributed by atoms with Gasteiger partial charge in [0.15, 0.2) is 0 Å². The van der Waals surface area contributed by atoms with E-state index in [0.29, 0.717) is 0 Å². The van der Waals surface area contributed by atoms with Crippen molar-refractivity contribution < 1.29 is 21.3 Å². The van der Waals surface area contributed by atoms with Gasteiger partial charge in [-0.25, -0.2) is 0 Å². The average molecular weight is 922 g/mol.